The number of esters is 1. The Bertz CT molecular complexity index is 963. The second-order valence-electron chi connectivity index (χ2n) is 6.21. The van der Waals surface area contributed by atoms with Gasteiger partial charge < -0.3 is 9.30 Å². The van der Waals surface area contributed by atoms with E-state index in [2.05, 4.69) is 4.98 Å². The number of ketones is 1. The first kappa shape index (κ1) is 18.5. The Kier molecular flexibility index (Phi) is 5.45. The van der Waals surface area contributed by atoms with E-state index in [0.717, 1.165) is 17.0 Å². The van der Waals surface area contributed by atoms with E-state index in [1.807, 2.05) is 18.4 Å². The van der Waals surface area contributed by atoms with Crippen molar-refractivity contribution in [1.29, 1.82) is 0 Å². The summed E-state index contributed by atoms with van der Waals surface area (Å²) < 4.78 is 20.1. The average Bonchev–Trinajstić information content (AvgIpc) is 2.96. The summed E-state index contributed by atoms with van der Waals surface area (Å²) in [6, 6.07) is 12.9. The number of aromatic nitrogens is 2. The van der Waals surface area contributed by atoms with Crippen molar-refractivity contribution >= 4 is 11.8 Å². The fourth-order valence-corrected chi connectivity index (χ4v) is 2.87. The monoisotopic (exact) mass is 366 g/mol. The zero-order valence-corrected chi connectivity index (χ0v) is 15.1. The van der Waals surface area contributed by atoms with Crippen LogP contribution in [-0.2, 0) is 11.3 Å². The van der Waals surface area contributed by atoms with Crippen LogP contribution in [0.25, 0.3) is 0 Å². The van der Waals surface area contributed by atoms with E-state index >= 15 is 0 Å². The summed E-state index contributed by atoms with van der Waals surface area (Å²) in [5.41, 5.74) is 3.27. The number of hydrogen-bond acceptors (Lipinski definition) is 4. The quantitative estimate of drug-likeness (QED) is 0.493. The van der Waals surface area contributed by atoms with Gasteiger partial charge in [0.15, 0.2) is 6.61 Å². The molecule has 27 heavy (non-hydrogen) atoms. The molecule has 0 saturated carbocycles. The standard InChI is InChI=1S/C21H19FN2O3/c1-14-11-18(15(2)24(14)12-16-6-8-17(22)9-7-16)20(25)13-27-21(26)19-5-3-4-10-23-19/h3-11H,12-13H2,1-2H3. The summed E-state index contributed by atoms with van der Waals surface area (Å²) >= 11 is 0. The fraction of sp³-hybridized carbons (Fsp3) is 0.190. The maximum absolute atomic E-state index is 13.1. The number of rotatable bonds is 6. The van der Waals surface area contributed by atoms with Crippen molar-refractivity contribution in [1.82, 2.24) is 9.55 Å². The minimum absolute atomic E-state index is 0.159. The first-order valence-electron chi connectivity index (χ1n) is 8.48. The van der Waals surface area contributed by atoms with Gasteiger partial charge in [0.25, 0.3) is 0 Å². The zero-order chi connectivity index (χ0) is 19.4. The Morgan fingerprint density at radius 1 is 1.11 bits per heavy atom. The third-order valence-electron chi connectivity index (χ3n) is 4.34. The van der Waals surface area contributed by atoms with Crippen molar-refractivity contribution in [3.63, 3.8) is 0 Å². The molecule has 6 heteroatoms. The van der Waals surface area contributed by atoms with Crippen LogP contribution >= 0.6 is 0 Å². The van der Waals surface area contributed by atoms with Gasteiger partial charge in [0, 0.05) is 29.7 Å². The molecule has 0 atom stereocenters. The lowest BCUT2D eigenvalue weighted by molar-refractivity contribution is 0.0468. The van der Waals surface area contributed by atoms with Gasteiger partial charge >= 0.3 is 5.97 Å². The highest BCUT2D eigenvalue weighted by molar-refractivity contribution is 6.00. The highest BCUT2D eigenvalue weighted by Gasteiger charge is 2.18. The van der Waals surface area contributed by atoms with Gasteiger partial charge in [0.05, 0.1) is 0 Å². The van der Waals surface area contributed by atoms with Crippen LogP contribution in [0.2, 0.25) is 0 Å². The Labute approximate surface area is 156 Å². The summed E-state index contributed by atoms with van der Waals surface area (Å²) in [5.74, 6) is -1.20. The second kappa shape index (κ2) is 7.95. The number of pyridine rings is 1. The third kappa shape index (κ3) is 4.28. The van der Waals surface area contributed by atoms with Crippen LogP contribution in [0, 0.1) is 19.7 Å². The maximum Gasteiger partial charge on any atom is 0.357 e. The molecule has 0 aliphatic heterocycles. The Hall–Kier alpha value is -3.28. The molecular weight excluding hydrogens is 347 g/mol. The van der Waals surface area contributed by atoms with Gasteiger partial charge in [0.1, 0.15) is 11.5 Å². The molecule has 0 radical (unpaired) electrons. The first-order chi connectivity index (χ1) is 13.0. The van der Waals surface area contributed by atoms with Gasteiger partial charge in [-0.2, -0.15) is 0 Å². The number of hydrogen-bond donors (Lipinski definition) is 0. The molecule has 1 aromatic carbocycles. The molecule has 0 fully saturated rings. The van der Waals surface area contributed by atoms with Crippen molar-refractivity contribution in [2.24, 2.45) is 0 Å². The molecule has 5 nitrogen and oxygen atoms in total. The normalized spacial score (nSPS) is 10.6. The summed E-state index contributed by atoms with van der Waals surface area (Å²) in [5, 5.41) is 0. The molecule has 138 valence electrons. The van der Waals surface area contributed by atoms with E-state index in [9.17, 15) is 14.0 Å². The molecule has 0 spiro atoms. The topological polar surface area (TPSA) is 61.2 Å². The van der Waals surface area contributed by atoms with Crippen LogP contribution in [0.3, 0.4) is 0 Å². The molecule has 0 saturated heterocycles. The van der Waals surface area contributed by atoms with Gasteiger partial charge in [-0.3, -0.25) is 4.79 Å². The molecule has 0 amide bonds. The highest BCUT2D eigenvalue weighted by atomic mass is 19.1. The number of benzene rings is 1. The molecule has 0 aliphatic carbocycles. The predicted molar refractivity (Wildman–Crippen MR) is 98.3 cm³/mol. The average molecular weight is 366 g/mol. The number of halogens is 1. The first-order valence-corrected chi connectivity index (χ1v) is 8.48. The van der Waals surface area contributed by atoms with E-state index in [1.165, 1.54) is 24.4 Å². The molecular formula is C21H19FN2O3. The Morgan fingerprint density at radius 3 is 2.52 bits per heavy atom. The van der Waals surface area contributed by atoms with Crippen LogP contribution in [0.15, 0.2) is 54.7 Å². The number of carbonyl (C=O) groups excluding carboxylic acids is 2. The van der Waals surface area contributed by atoms with Crippen LogP contribution in [0.5, 0.6) is 0 Å². The molecule has 3 rings (SSSR count). The van der Waals surface area contributed by atoms with Crippen molar-refractivity contribution in [2.75, 3.05) is 6.61 Å². The Morgan fingerprint density at radius 2 is 1.85 bits per heavy atom. The molecule has 2 aromatic heterocycles. The minimum atomic E-state index is -0.635. The van der Waals surface area contributed by atoms with Crippen LogP contribution in [0.4, 0.5) is 4.39 Å². The van der Waals surface area contributed by atoms with Gasteiger partial charge in [-0.05, 0) is 49.7 Å². The van der Waals surface area contributed by atoms with Crippen molar-refractivity contribution in [2.45, 2.75) is 20.4 Å². The number of aryl methyl sites for hydroxylation is 1. The lowest BCUT2D eigenvalue weighted by atomic mass is 10.1. The minimum Gasteiger partial charge on any atom is -0.453 e. The van der Waals surface area contributed by atoms with Gasteiger partial charge in [-0.15, -0.1) is 0 Å². The smallest absolute Gasteiger partial charge is 0.357 e. The lowest BCUT2D eigenvalue weighted by Gasteiger charge is -2.10. The van der Waals surface area contributed by atoms with Gasteiger partial charge in [0.2, 0.25) is 5.78 Å². The van der Waals surface area contributed by atoms with E-state index in [0.29, 0.717) is 12.1 Å². The van der Waals surface area contributed by atoms with E-state index < -0.39 is 5.97 Å². The number of Topliss-reactive ketones (excluding diaryl/α,β-unsaturated/α-hetero) is 1. The summed E-state index contributed by atoms with van der Waals surface area (Å²) in [7, 11) is 0. The van der Waals surface area contributed by atoms with Crippen molar-refractivity contribution < 1.29 is 18.7 Å². The lowest BCUT2D eigenvalue weighted by Crippen LogP contribution is -2.16. The molecule has 0 aliphatic rings. The SMILES string of the molecule is Cc1cc(C(=O)COC(=O)c2ccccn2)c(C)n1Cc1ccc(F)cc1. The summed E-state index contributed by atoms with van der Waals surface area (Å²) in [4.78, 5) is 28.3. The zero-order valence-electron chi connectivity index (χ0n) is 15.1. The van der Waals surface area contributed by atoms with Crippen LogP contribution in [-0.4, -0.2) is 27.9 Å². The maximum atomic E-state index is 13.1. The number of nitrogens with zero attached hydrogens (tertiary/aromatic N) is 2. The van der Waals surface area contributed by atoms with Gasteiger partial charge in [-0.25, -0.2) is 14.2 Å². The van der Waals surface area contributed by atoms with E-state index in [-0.39, 0.29) is 23.9 Å². The number of ether oxygens (including phenoxy) is 1. The van der Waals surface area contributed by atoms with Crippen LogP contribution < -0.4 is 0 Å². The molecule has 0 bridgehead atoms. The van der Waals surface area contributed by atoms with Crippen LogP contribution in [0.1, 0.15) is 37.8 Å². The molecule has 0 unspecified atom stereocenters. The predicted octanol–water partition coefficient (Wildman–Crippen LogP) is 3.73. The largest absolute Gasteiger partial charge is 0.453 e. The Balaban J connectivity index is 1.70. The van der Waals surface area contributed by atoms with Gasteiger partial charge in [-0.1, -0.05) is 18.2 Å². The molecule has 0 N–H and O–H groups in total. The summed E-state index contributed by atoms with van der Waals surface area (Å²) in [6.45, 7) is 3.91. The second-order valence-corrected chi connectivity index (χ2v) is 6.21. The van der Waals surface area contributed by atoms with E-state index in [4.69, 9.17) is 4.74 Å². The molecule has 2 heterocycles. The number of carbonyl (C=O) groups is 2. The van der Waals surface area contributed by atoms with Crippen molar-refractivity contribution in [3.05, 3.63) is 88.8 Å². The third-order valence-corrected chi connectivity index (χ3v) is 4.34. The highest BCUT2D eigenvalue weighted by Crippen LogP contribution is 2.18. The molecule has 3 aromatic rings. The van der Waals surface area contributed by atoms with E-state index in [1.54, 1.807) is 30.3 Å². The van der Waals surface area contributed by atoms with Crippen molar-refractivity contribution in [3.8, 4) is 0 Å². The fourth-order valence-electron chi connectivity index (χ4n) is 2.87. The summed E-state index contributed by atoms with van der Waals surface area (Å²) in [6.07, 6.45) is 1.49.